The van der Waals surface area contributed by atoms with Gasteiger partial charge >= 0.3 is 0 Å². The molecular weight excluding hydrogens is 380 g/mol. The van der Waals surface area contributed by atoms with Gasteiger partial charge in [0.15, 0.2) is 11.5 Å². The van der Waals surface area contributed by atoms with E-state index in [0.717, 1.165) is 5.56 Å². The molecule has 30 heavy (non-hydrogen) atoms. The summed E-state index contributed by atoms with van der Waals surface area (Å²) in [6, 6.07) is 18.9. The number of rotatable bonds is 6. The summed E-state index contributed by atoms with van der Waals surface area (Å²) in [5.74, 6) is 0.233. The molecule has 0 saturated carbocycles. The van der Waals surface area contributed by atoms with Crippen LogP contribution in [0.4, 0.5) is 0 Å². The van der Waals surface area contributed by atoms with Gasteiger partial charge in [0, 0.05) is 6.04 Å². The number of hydrogen-bond acceptors (Lipinski definition) is 6. The Morgan fingerprint density at radius 1 is 1.20 bits per heavy atom. The smallest absolute Gasteiger partial charge is 0.258 e. The van der Waals surface area contributed by atoms with Crippen LogP contribution in [0.15, 0.2) is 65.8 Å². The number of phenols is 1. The molecule has 1 saturated heterocycles. The van der Waals surface area contributed by atoms with Crippen LogP contribution in [0.3, 0.4) is 0 Å². The van der Waals surface area contributed by atoms with E-state index in [1.54, 1.807) is 12.1 Å². The molecule has 0 bridgehead atoms. The van der Waals surface area contributed by atoms with Crippen molar-refractivity contribution in [2.45, 2.75) is 25.4 Å². The van der Waals surface area contributed by atoms with E-state index in [-0.39, 0.29) is 17.7 Å². The lowest BCUT2D eigenvalue weighted by atomic mass is 9.96. The molecule has 0 aromatic heterocycles. The van der Waals surface area contributed by atoms with E-state index >= 15 is 0 Å². The fourth-order valence-corrected chi connectivity index (χ4v) is 3.62. The average Bonchev–Trinajstić information content (AvgIpc) is 3.26. The van der Waals surface area contributed by atoms with Crippen LogP contribution in [0.5, 0.6) is 11.5 Å². The van der Waals surface area contributed by atoms with E-state index in [0.29, 0.717) is 24.3 Å². The van der Waals surface area contributed by atoms with E-state index in [9.17, 15) is 9.90 Å². The van der Waals surface area contributed by atoms with E-state index in [1.807, 2.05) is 25.1 Å². The molecule has 7 heteroatoms. The lowest BCUT2D eigenvalue weighted by molar-refractivity contribution is -0.122. The Hall–Kier alpha value is -3.42. The molecule has 2 unspecified atom stereocenters. The maximum absolute atomic E-state index is 12.5. The molecule has 3 aromatic carbocycles. The minimum Gasteiger partial charge on any atom is -0.504 e. The highest BCUT2D eigenvalue weighted by Crippen LogP contribution is 2.29. The van der Waals surface area contributed by atoms with E-state index in [1.165, 1.54) is 23.1 Å². The van der Waals surface area contributed by atoms with Crippen molar-refractivity contribution in [2.24, 2.45) is 5.10 Å². The maximum atomic E-state index is 12.5. The third kappa shape index (κ3) is 4.27. The predicted molar refractivity (Wildman–Crippen MR) is 116 cm³/mol. The lowest BCUT2D eigenvalue weighted by Crippen LogP contribution is -2.41. The first-order chi connectivity index (χ1) is 14.7. The second-order valence-corrected chi connectivity index (χ2v) is 7.09. The largest absolute Gasteiger partial charge is 0.504 e. The van der Waals surface area contributed by atoms with Gasteiger partial charge in [0.05, 0.1) is 12.8 Å². The zero-order valence-electron chi connectivity index (χ0n) is 16.6. The summed E-state index contributed by atoms with van der Waals surface area (Å²) in [4.78, 5) is 12.5. The summed E-state index contributed by atoms with van der Waals surface area (Å²) in [6.07, 6.45) is 2.13. The van der Waals surface area contributed by atoms with Crippen LogP contribution in [0.2, 0.25) is 0 Å². The fourth-order valence-electron chi connectivity index (χ4n) is 3.62. The average molecular weight is 404 g/mol. The normalized spacial score (nSPS) is 18.7. The number of nitrogens with one attached hydrogen (secondary N) is 3. The highest BCUT2D eigenvalue weighted by Gasteiger charge is 2.30. The van der Waals surface area contributed by atoms with Crippen molar-refractivity contribution in [1.82, 2.24) is 16.3 Å². The molecule has 1 aliphatic heterocycles. The highest BCUT2D eigenvalue weighted by atomic mass is 16.5. The Kier molecular flexibility index (Phi) is 5.92. The van der Waals surface area contributed by atoms with Crippen molar-refractivity contribution < 1.29 is 14.6 Å². The Morgan fingerprint density at radius 3 is 2.90 bits per heavy atom. The van der Waals surface area contributed by atoms with Crippen LogP contribution >= 0.6 is 0 Å². The van der Waals surface area contributed by atoms with Crippen molar-refractivity contribution in [1.29, 1.82) is 0 Å². The predicted octanol–water partition coefficient (Wildman–Crippen LogP) is 3.00. The third-order valence-electron chi connectivity index (χ3n) is 5.09. The molecule has 0 radical (unpaired) electrons. The van der Waals surface area contributed by atoms with Crippen molar-refractivity contribution >= 4 is 22.9 Å². The molecule has 7 nitrogen and oxygen atoms in total. The van der Waals surface area contributed by atoms with Crippen LogP contribution in [-0.4, -0.2) is 29.9 Å². The Morgan fingerprint density at radius 2 is 2.03 bits per heavy atom. The molecule has 0 aliphatic carbocycles. The minimum absolute atomic E-state index is 0.0293. The number of amides is 1. The summed E-state index contributed by atoms with van der Waals surface area (Å²) in [5.41, 5.74) is 10.7. The molecule has 1 fully saturated rings. The van der Waals surface area contributed by atoms with Crippen LogP contribution in [0.1, 0.15) is 30.5 Å². The van der Waals surface area contributed by atoms with Crippen molar-refractivity contribution in [3.05, 3.63) is 71.8 Å². The van der Waals surface area contributed by atoms with E-state index in [4.69, 9.17) is 4.74 Å². The molecular formula is C23H24N4O3. The van der Waals surface area contributed by atoms with Crippen LogP contribution < -0.4 is 21.0 Å². The summed E-state index contributed by atoms with van der Waals surface area (Å²) in [7, 11) is 0. The van der Waals surface area contributed by atoms with Gasteiger partial charge in [-0.25, -0.2) is 16.3 Å². The molecule has 1 heterocycles. The van der Waals surface area contributed by atoms with E-state index < -0.39 is 6.04 Å². The second kappa shape index (κ2) is 8.94. The number of fused-ring (bicyclic) bond motifs is 1. The summed E-state index contributed by atoms with van der Waals surface area (Å²) in [6.45, 7) is 2.29. The van der Waals surface area contributed by atoms with Gasteiger partial charge in [-0.15, -0.1) is 0 Å². The first-order valence-corrected chi connectivity index (χ1v) is 9.93. The molecule has 1 aliphatic rings. The molecule has 4 N–H and O–H groups in total. The number of hydrogen-bond donors (Lipinski definition) is 4. The first kappa shape index (κ1) is 19.9. The van der Waals surface area contributed by atoms with Crippen LogP contribution in [-0.2, 0) is 4.79 Å². The zero-order chi connectivity index (χ0) is 20.9. The molecule has 2 atom stereocenters. The van der Waals surface area contributed by atoms with Crippen LogP contribution in [0.25, 0.3) is 10.8 Å². The van der Waals surface area contributed by atoms with Gasteiger partial charge in [0.2, 0.25) is 0 Å². The van der Waals surface area contributed by atoms with Gasteiger partial charge in [0.1, 0.15) is 6.04 Å². The molecule has 4 rings (SSSR count). The number of phenolic OH excluding ortho intramolecular Hbond substituents is 1. The van der Waals surface area contributed by atoms with Crippen molar-refractivity contribution in [2.75, 3.05) is 6.61 Å². The summed E-state index contributed by atoms with van der Waals surface area (Å²) < 4.78 is 5.35. The standard InChI is InChI=1S/C23H24N4O3/c1-2-30-22-12-15(10-11-21(22)28)14-24-27-23(29)20-13-19(25-26-20)18-9-5-7-16-6-3-4-8-17(16)18/h3-12,14,19-20,25-26,28H,2,13H2,1H3,(H,27,29)/b24-14+. The summed E-state index contributed by atoms with van der Waals surface area (Å²) >= 11 is 0. The van der Waals surface area contributed by atoms with Crippen molar-refractivity contribution in [3.8, 4) is 11.5 Å². The topological polar surface area (TPSA) is 95.0 Å². The molecule has 0 spiro atoms. The minimum atomic E-state index is -0.398. The van der Waals surface area contributed by atoms with Gasteiger partial charge in [-0.05, 0) is 53.4 Å². The second-order valence-electron chi connectivity index (χ2n) is 7.09. The van der Waals surface area contributed by atoms with Gasteiger partial charge in [-0.3, -0.25) is 4.79 Å². The lowest BCUT2D eigenvalue weighted by Gasteiger charge is -2.13. The number of carbonyl (C=O) groups excluding carboxylic acids is 1. The number of hydrazone groups is 1. The SMILES string of the molecule is CCOc1cc(/C=N/NC(=O)C2CC(c3cccc4ccccc34)NN2)ccc1O. The number of hydrazine groups is 1. The van der Waals surface area contributed by atoms with Gasteiger partial charge in [0.25, 0.3) is 5.91 Å². The Bertz CT molecular complexity index is 1080. The van der Waals surface area contributed by atoms with Crippen LogP contribution in [0, 0.1) is 0 Å². The number of carbonyl (C=O) groups is 1. The van der Waals surface area contributed by atoms with Gasteiger partial charge < -0.3 is 9.84 Å². The Labute approximate surface area is 174 Å². The maximum Gasteiger partial charge on any atom is 0.258 e. The zero-order valence-corrected chi connectivity index (χ0v) is 16.6. The highest BCUT2D eigenvalue weighted by molar-refractivity contribution is 5.87. The Balaban J connectivity index is 1.38. The van der Waals surface area contributed by atoms with E-state index in [2.05, 4.69) is 45.6 Å². The third-order valence-corrected chi connectivity index (χ3v) is 5.09. The molecule has 154 valence electrons. The van der Waals surface area contributed by atoms with Gasteiger partial charge in [-0.1, -0.05) is 42.5 Å². The summed E-state index contributed by atoms with van der Waals surface area (Å²) in [5, 5.41) is 16.1. The quantitative estimate of drug-likeness (QED) is 0.374. The fraction of sp³-hybridized carbons (Fsp3) is 0.217. The number of aromatic hydroxyl groups is 1. The number of ether oxygens (including phenoxy) is 1. The molecule has 1 amide bonds. The van der Waals surface area contributed by atoms with Gasteiger partial charge in [-0.2, -0.15) is 5.10 Å². The number of benzene rings is 3. The monoisotopic (exact) mass is 404 g/mol. The number of nitrogens with zero attached hydrogens (tertiary/aromatic N) is 1. The molecule has 3 aromatic rings. The van der Waals surface area contributed by atoms with Crippen molar-refractivity contribution in [3.63, 3.8) is 0 Å². The first-order valence-electron chi connectivity index (χ1n) is 9.93.